The number of nitro benzene ring substituents is 1. The summed E-state index contributed by atoms with van der Waals surface area (Å²) in [5.41, 5.74) is 2.13. The molecule has 0 atom stereocenters. The van der Waals surface area contributed by atoms with Gasteiger partial charge in [-0.1, -0.05) is 24.3 Å². The number of anilines is 1. The molecule has 126 valence electrons. The van der Waals surface area contributed by atoms with E-state index in [0.29, 0.717) is 6.54 Å². The van der Waals surface area contributed by atoms with Crippen LogP contribution >= 0.6 is 0 Å². The maximum Gasteiger partial charge on any atom is 0.273 e. The molecule has 0 radical (unpaired) electrons. The molecule has 1 aliphatic heterocycles. The molecule has 0 spiro atoms. The molecule has 0 saturated carbocycles. The smallest absolute Gasteiger partial charge is 0.273 e. The molecular formula is C18H21N3O3. The minimum Gasteiger partial charge on any atom is -0.497 e. The number of nitrogens with zero attached hydrogens (tertiary/aromatic N) is 3. The Morgan fingerprint density at radius 3 is 2.54 bits per heavy atom. The fraction of sp³-hybridized carbons (Fsp3) is 0.333. The number of rotatable bonds is 5. The van der Waals surface area contributed by atoms with E-state index in [9.17, 15) is 10.1 Å². The molecule has 0 amide bonds. The van der Waals surface area contributed by atoms with Crippen LogP contribution in [-0.2, 0) is 6.54 Å². The first-order valence-corrected chi connectivity index (χ1v) is 8.01. The summed E-state index contributed by atoms with van der Waals surface area (Å²) in [4.78, 5) is 15.4. The normalized spacial score (nSPS) is 15.3. The maximum atomic E-state index is 11.1. The summed E-state index contributed by atoms with van der Waals surface area (Å²) in [5, 5.41) is 11.1. The van der Waals surface area contributed by atoms with Gasteiger partial charge in [0.2, 0.25) is 0 Å². The van der Waals surface area contributed by atoms with Crippen LogP contribution in [-0.4, -0.2) is 43.1 Å². The number of piperazine rings is 1. The van der Waals surface area contributed by atoms with Crippen molar-refractivity contribution in [3.63, 3.8) is 0 Å². The van der Waals surface area contributed by atoms with Crippen LogP contribution in [0.3, 0.4) is 0 Å². The van der Waals surface area contributed by atoms with Crippen molar-refractivity contribution in [3.8, 4) is 5.75 Å². The highest BCUT2D eigenvalue weighted by atomic mass is 16.6. The minimum atomic E-state index is -0.304. The average Bonchev–Trinajstić information content (AvgIpc) is 2.62. The quantitative estimate of drug-likeness (QED) is 0.624. The van der Waals surface area contributed by atoms with Crippen LogP contribution in [0.25, 0.3) is 0 Å². The van der Waals surface area contributed by atoms with Gasteiger partial charge in [0.1, 0.15) is 5.75 Å². The van der Waals surface area contributed by atoms with E-state index in [2.05, 4.69) is 15.9 Å². The molecule has 1 aliphatic rings. The second-order valence-electron chi connectivity index (χ2n) is 5.85. The Hall–Kier alpha value is -2.60. The van der Waals surface area contributed by atoms with Crippen molar-refractivity contribution >= 4 is 11.4 Å². The second-order valence-corrected chi connectivity index (χ2v) is 5.85. The predicted octanol–water partition coefficient (Wildman–Crippen LogP) is 2.93. The molecule has 0 N–H and O–H groups in total. The number of methoxy groups -OCH3 is 1. The third-order valence-corrected chi connectivity index (χ3v) is 4.37. The van der Waals surface area contributed by atoms with Crippen LogP contribution in [0.4, 0.5) is 11.4 Å². The van der Waals surface area contributed by atoms with Crippen molar-refractivity contribution in [1.29, 1.82) is 0 Å². The van der Waals surface area contributed by atoms with Crippen molar-refractivity contribution in [2.24, 2.45) is 0 Å². The van der Waals surface area contributed by atoms with Gasteiger partial charge in [-0.3, -0.25) is 15.0 Å². The highest BCUT2D eigenvalue weighted by Crippen LogP contribution is 2.24. The fourth-order valence-electron chi connectivity index (χ4n) is 3.03. The molecule has 1 fully saturated rings. The Kier molecular flexibility index (Phi) is 4.96. The first-order chi connectivity index (χ1) is 11.7. The topological polar surface area (TPSA) is 58.8 Å². The molecule has 6 nitrogen and oxygen atoms in total. The Labute approximate surface area is 141 Å². The molecule has 0 aliphatic carbocycles. The van der Waals surface area contributed by atoms with Gasteiger partial charge in [-0.05, 0) is 12.1 Å². The van der Waals surface area contributed by atoms with Crippen molar-refractivity contribution < 1.29 is 9.66 Å². The largest absolute Gasteiger partial charge is 0.497 e. The average molecular weight is 327 g/mol. The van der Waals surface area contributed by atoms with Gasteiger partial charge in [-0.25, -0.2) is 0 Å². The van der Waals surface area contributed by atoms with Gasteiger partial charge < -0.3 is 9.64 Å². The van der Waals surface area contributed by atoms with Crippen molar-refractivity contribution in [2.75, 3.05) is 38.2 Å². The maximum absolute atomic E-state index is 11.1. The first kappa shape index (κ1) is 16.3. The monoisotopic (exact) mass is 327 g/mol. The predicted molar refractivity (Wildman–Crippen MR) is 93.6 cm³/mol. The van der Waals surface area contributed by atoms with E-state index in [1.165, 1.54) is 0 Å². The van der Waals surface area contributed by atoms with Gasteiger partial charge in [0, 0.05) is 56.1 Å². The van der Waals surface area contributed by atoms with E-state index in [1.807, 2.05) is 30.3 Å². The first-order valence-electron chi connectivity index (χ1n) is 8.01. The van der Waals surface area contributed by atoms with E-state index < -0.39 is 0 Å². The Balaban J connectivity index is 1.62. The molecule has 24 heavy (non-hydrogen) atoms. The summed E-state index contributed by atoms with van der Waals surface area (Å²) in [7, 11) is 1.67. The van der Waals surface area contributed by atoms with Crippen LogP contribution in [0.15, 0.2) is 48.5 Å². The Morgan fingerprint density at radius 1 is 1.08 bits per heavy atom. The zero-order valence-corrected chi connectivity index (χ0v) is 13.7. The van der Waals surface area contributed by atoms with Crippen LogP contribution < -0.4 is 9.64 Å². The van der Waals surface area contributed by atoms with E-state index >= 15 is 0 Å². The highest BCUT2D eigenvalue weighted by Gasteiger charge is 2.20. The van der Waals surface area contributed by atoms with Crippen LogP contribution in [0, 0.1) is 10.1 Å². The van der Waals surface area contributed by atoms with Crippen molar-refractivity contribution in [3.05, 3.63) is 64.2 Å². The van der Waals surface area contributed by atoms with E-state index in [1.54, 1.807) is 19.2 Å². The summed E-state index contributed by atoms with van der Waals surface area (Å²) in [6.07, 6.45) is 0. The summed E-state index contributed by atoms with van der Waals surface area (Å²) < 4.78 is 5.28. The summed E-state index contributed by atoms with van der Waals surface area (Å²) in [6, 6.07) is 15.0. The summed E-state index contributed by atoms with van der Waals surface area (Å²) in [6.45, 7) is 4.16. The summed E-state index contributed by atoms with van der Waals surface area (Å²) in [5.74, 6) is 0.856. The van der Waals surface area contributed by atoms with E-state index in [0.717, 1.165) is 43.2 Å². The third-order valence-electron chi connectivity index (χ3n) is 4.37. The molecule has 6 heteroatoms. The number of hydrogen-bond donors (Lipinski definition) is 0. The van der Waals surface area contributed by atoms with Gasteiger partial charge in [0.25, 0.3) is 5.69 Å². The molecular weight excluding hydrogens is 306 g/mol. The Bertz CT molecular complexity index is 712. The van der Waals surface area contributed by atoms with Gasteiger partial charge in [0.15, 0.2) is 0 Å². The van der Waals surface area contributed by atoms with E-state index in [4.69, 9.17) is 4.74 Å². The lowest BCUT2D eigenvalue weighted by atomic mass is 10.1. The molecule has 2 aromatic carbocycles. The minimum absolute atomic E-state index is 0.202. The molecule has 0 unspecified atom stereocenters. The fourth-order valence-corrected chi connectivity index (χ4v) is 3.03. The van der Waals surface area contributed by atoms with Gasteiger partial charge in [-0.15, -0.1) is 0 Å². The lowest BCUT2D eigenvalue weighted by molar-refractivity contribution is -0.385. The zero-order valence-electron chi connectivity index (χ0n) is 13.7. The van der Waals surface area contributed by atoms with E-state index in [-0.39, 0.29) is 10.6 Å². The standard InChI is InChI=1S/C18H21N3O3/c1-24-17-7-4-6-16(13-17)20-11-9-19(10-12-20)14-15-5-2-3-8-18(15)21(22)23/h2-8,13H,9-12,14H2,1H3. The molecule has 1 saturated heterocycles. The van der Waals surface area contributed by atoms with Crippen molar-refractivity contribution in [1.82, 2.24) is 4.90 Å². The van der Waals surface area contributed by atoms with Crippen LogP contribution in [0.1, 0.15) is 5.56 Å². The number of para-hydroxylation sites is 1. The van der Waals surface area contributed by atoms with Crippen molar-refractivity contribution in [2.45, 2.75) is 6.54 Å². The third kappa shape index (κ3) is 3.65. The highest BCUT2D eigenvalue weighted by molar-refractivity contribution is 5.51. The number of nitro groups is 1. The second kappa shape index (κ2) is 7.31. The van der Waals surface area contributed by atoms with Gasteiger partial charge >= 0.3 is 0 Å². The number of benzene rings is 2. The lowest BCUT2D eigenvalue weighted by Gasteiger charge is -2.36. The zero-order chi connectivity index (χ0) is 16.9. The molecule has 0 aromatic heterocycles. The Morgan fingerprint density at radius 2 is 1.83 bits per heavy atom. The number of ether oxygens (including phenoxy) is 1. The molecule has 0 bridgehead atoms. The van der Waals surface area contributed by atoms with Gasteiger partial charge in [0.05, 0.1) is 12.0 Å². The number of hydrogen-bond acceptors (Lipinski definition) is 5. The van der Waals surface area contributed by atoms with Gasteiger partial charge in [-0.2, -0.15) is 0 Å². The van der Waals surface area contributed by atoms with Crippen LogP contribution in [0.2, 0.25) is 0 Å². The van der Waals surface area contributed by atoms with Crippen LogP contribution in [0.5, 0.6) is 5.75 Å². The molecule has 2 aromatic rings. The molecule has 1 heterocycles. The summed E-state index contributed by atoms with van der Waals surface area (Å²) >= 11 is 0. The molecule has 3 rings (SSSR count). The lowest BCUT2D eigenvalue weighted by Crippen LogP contribution is -2.46. The SMILES string of the molecule is COc1cccc(N2CCN(Cc3ccccc3[N+](=O)[O-])CC2)c1.